The van der Waals surface area contributed by atoms with Gasteiger partial charge in [-0.3, -0.25) is 14.1 Å². The number of carbonyl (C=O) groups is 2. The SMILES string of the molecule is CCCC[N+]1(/C=C/C=C/N2CCCCC2C(=O)Nc2c(C)cccc2C)CCCCC1C(=O)Nc1c(C)cccc1C. The van der Waals surface area contributed by atoms with Crippen molar-refractivity contribution in [1.82, 2.24) is 4.90 Å². The highest BCUT2D eigenvalue weighted by molar-refractivity contribution is 5.96. The lowest BCUT2D eigenvalue weighted by molar-refractivity contribution is -0.900. The van der Waals surface area contributed by atoms with Gasteiger partial charge in [0.25, 0.3) is 5.91 Å². The van der Waals surface area contributed by atoms with Gasteiger partial charge in [0.2, 0.25) is 5.91 Å². The Morgan fingerprint density at radius 2 is 1.43 bits per heavy atom. The fraction of sp³-hybridized carbons (Fsp3) is 0.500. The van der Waals surface area contributed by atoms with Gasteiger partial charge in [-0.15, -0.1) is 0 Å². The first-order valence-electron chi connectivity index (χ1n) is 16.0. The highest BCUT2D eigenvalue weighted by Crippen LogP contribution is 2.30. The topological polar surface area (TPSA) is 61.4 Å². The zero-order chi connectivity index (χ0) is 30.1. The second kappa shape index (κ2) is 14.7. The van der Waals surface area contributed by atoms with E-state index in [-0.39, 0.29) is 23.9 Å². The van der Waals surface area contributed by atoms with E-state index in [1.54, 1.807) is 0 Å². The van der Waals surface area contributed by atoms with Crippen molar-refractivity contribution < 1.29 is 14.1 Å². The summed E-state index contributed by atoms with van der Waals surface area (Å²) >= 11 is 0. The smallest absolute Gasteiger partial charge is 0.283 e. The summed E-state index contributed by atoms with van der Waals surface area (Å²) in [5.41, 5.74) is 6.24. The van der Waals surface area contributed by atoms with Crippen molar-refractivity contribution in [3.05, 3.63) is 83.2 Å². The van der Waals surface area contributed by atoms with Crippen molar-refractivity contribution in [2.45, 2.75) is 98.1 Å². The van der Waals surface area contributed by atoms with Gasteiger partial charge in [-0.05, 0) is 101 Å². The maximum Gasteiger partial charge on any atom is 0.283 e. The van der Waals surface area contributed by atoms with Crippen LogP contribution in [-0.4, -0.2) is 52.9 Å². The van der Waals surface area contributed by atoms with E-state index in [0.717, 1.165) is 105 Å². The molecule has 226 valence electrons. The van der Waals surface area contributed by atoms with E-state index in [4.69, 9.17) is 0 Å². The number of quaternary nitrogens is 1. The molecule has 2 saturated heterocycles. The third-order valence-corrected chi connectivity index (χ3v) is 9.23. The number of unbranched alkanes of at least 4 members (excludes halogenated alkanes) is 1. The maximum absolute atomic E-state index is 13.8. The third kappa shape index (κ3) is 7.52. The van der Waals surface area contributed by atoms with Crippen molar-refractivity contribution >= 4 is 23.2 Å². The van der Waals surface area contributed by atoms with Crippen LogP contribution in [0.1, 0.15) is 80.5 Å². The molecule has 3 atom stereocenters. The Hall–Kier alpha value is -3.38. The second-order valence-corrected chi connectivity index (χ2v) is 12.4. The maximum atomic E-state index is 13.8. The standard InChI is InChI=1S/C36H50N4O2/c1-6-7-24-40(25-12-9-21-32(40)36(42)38-34-29(4)18-15-19-30(34)5)26-13-11-23-39-22-10-8-20-31(39)35(41)37-33-27(2)16-14-17-28(33)3/h11,13-19,23,26,31-32H,6-10,12,20-22,24-25H2,1-5H3,(H-,37,38,41,42)/p+1/b23-11+,26-13+. The molecular formula is C36H51N4O2+. The van der Waals surface area contributed by atoms with Crippen LogP contribution in [-0.2, 0) is 9.59 Å². The number of anilines is 2. The van der Waals surface area contributed by atoms with E-state index in [1.807, 2.05) is 38.1 Å². The minimum Gasteiger partial charge on any atom is -0.366 e. The van der Waals surface area contributed by atoms with Crippen molar-refractivity contribution in [3.63, 3.8) is 0 Å². The van der Waals surface area contributed by atoms with Gasteiger partial charge in [0.1, 0.15) is 6.04 Å². The molecule has 0 aromatic heterocycles. The molecular weight excluding hydrogens is 520 g/mol. The van der Waals surface area contributed by atoms with E-state index in [1.165, 1.54) is 0 Å². The summed E-state index contributed by atoms with van der Waals surface area (Å²) in [7, 11) is 0. The number of aryl methyl sites for hydroxylation is 4. The van der Waals surface area contributed by atoms with Crippen molar-refractivity contribution in [1.29, 1.82) is 0 Å². The normalized spacial score (nSPS) is 22.9. The summed E-state index contributed by atoms with van der Waals surface area (Å²) in [5, 5.41) is 6.52. The molecule has 4 rings (SSSR count). The molecule has 2 N–H and O–H groups in total. The summed E-state index contributed by atoms with van der Waals surface area (Å²) in [6.07, 6.45) is 16.8. The molecule has 0 bridgehead atoms. The van der Waals surface area contributed by atoms with Gasteiger partial charge >= 0.3 is 0 Å². The Balaban J connectivity index is 1.51. The van der Waals surface area contributed by atoms with Crippen LogP contribution in [0, 0.1) is 27.7 Å². The predicted octanol–water partition coefficient (Wildman–Crippen LogP) is 7.55. The van der Waals surface area contributed by atoms with Gasteiger partial charge in [-0.25, -0.2) is 0 Å². The lowest BCUT2D eigenvalue weighted by Crippen LogP contribution is -2.59. The number of likely N-dealkylation sites (tertiary alicyclic amines) is 2. The van der Waals surface area contributed by atoms with Crippen LogP contribution in [0.4, 0.5) is 11.4 Å². The fourth-order valence-electron chi connectivity index (χ4n) is 6.73. The third-order valence-electron chi connectivity index (χ3n) is 9.23. The summed E-state index contributed by atoms with van der Waals surface area (Å²) in [6.45, 7) is 13.2. The Labute approximate surface area is 253 Å². The Morgan fingerprint density at radius 1 is 0.833 bits per heavy atom. The van der Waals surface area contributed by atoms with Crippen molar-refractivity contribution in [3.8, 4) is 0 Å². The molecule has 6 nitrogen and oxygen atoms in total. The Kier molecular flexibility index (Phi) is 11.0. The van der Waals surface area contributed by atoms with Crippen LogP contribution in [0.3, 0.4) is 0 Å². The minimum absolute atomic E-state index is 0.0615. The average Bonchev–Trinajstić information content (AvgIpc) is 2.98. The van der Waals surface area contributed by atoms with Crippen molar-refractivity contribution in [2.24, 2.45) is 0 Å². The van der Waals surface area contributed by atoms with E-state index in [0.29, 0.717) is 4.48 Å². The molecule has 2 aromatic carbocycles. The molecule has 2 heterocycles. The lowest BCUT2D eigenvalue weighted by Gasteiger charge is -2.44. The number of benzene rings is 2. The average molecular weight is 572 g/mol. The van der Waals surface area contributed by atoms with Gasteiger partial charge in [-0.1, -0.05) is 49.7 Å². The van der Waals surface area contributed by atoms with Crippen LogP contribution < -0.4 is 10.6 Å². The molecule has 2 aromatic rings. The zero-order valence-corrected chi connectivity index (χ0v) is 26.4. The molecule has 42 heavy (non-hydrogen) atoms. The summed E-state index contributed by atoms with van der Waals surface area (Å²) in [6, 6.07) is 12.0. The lowest BCUT2D eigenvalue weighted by atomic mass is 9.96. The summed E-state index contributed by atoms with van der Waals surface area (Å²) in [4.78, 5) is 29.4. The van der Waals surface area contributed by atoms with Crippen LogP contribution in [0.25, 0.3) is 0 Å². The number of allylic oxidation sites excluding steroid dienone is 2. The van der Waals surface area contributed by atoms with Gasteiger partial charge in [-0.2, -0.15) is 0 Å². The second-order valence-electron chi connectivity index (χ2n) is 12.4. The molecule has 0 aliphatic carbocycles. The van der Waals surface area contributed by atoms with Gasteiger partial charge in [0.05, 0.1) is 19.3 Å². The number of para-hydroxylation sites is 2. The zero-order valence-electron chi connectivity index (χ0n) is 26.4. The minimum atomic E-state index is -0.184. The summed E-state index contributed by atoms with van der Waals surface area (Å²) < 4.78 is 0.686. The number of piperidine rings is 2. The first-order valence-corrected chi connectivity index (χ1v) is 16.0. The number of carbonyl (C=O) groups excluding carboxylic acids is 2. The number of hydrogen-bond donors (Lipinski definition) is 2. The van der Waals surface area contributed by atoms with E-state index < -0.39 is 0 Å². The molecule has 2 aliphatic heterocycles. The van der Waals surface area contributed by atoms with Crippen LogP contribution >= 0.6 is 0 Å². The summed E-state index contributed by atoms with van der Waals surface area (Å²) in [5.74, 6) is 0.183. The van der Waals surface area contributed by atoms with Crippen LogP contribution in [0.2, 0.25) is 0 Å². The quantitative estimate of drug-likeness (QED) is 0.229. The number of hydrogen-bond acceptors (Lipinski definition) is 3. The largest absolute Gasteiger partial charge is 0.366 e. The first-order chi connectivity index (χ1) is 20.3. The van der Waals surface area contributed by atoms with E-state index >= 15 is 0 Å². The highest BCUT2D eigenvalue weighted by Gasteiger charge is 2.42. The first kappa shape index (κ1) is 31.6. The Bertz CT molecular complexity index is 1260. The molecule has 0 saturated carbocycles. The van der Waals surface area contributed by atoms with Gasteiger partial charge in [0.15, 0.2) is 6.04 Å². The molecule has 0 spiro atoms. The predicted molar refractivity (Wildman–Crippen MR) is 174 cm³/mol. The van der Waals surface area contributed by atoms with Crippen LogP contribution in [0.5, 0.6) is 0 Å². The number of nitrogens with one attached hydrogen (secondary N) is 2. The highest BCUT2D eigenvalue weighted by atomic mass is 16.2. The molecule has 2 fully saturated rings. The molecule has 0 radical (unpaired) electrons. The fourth-order valence-corrected chi connectivity index (χ4v) is 6.73. The molecule has 3 unspecified atom stereocenters. The monoisotopic (exact) mass is 571 g/mol. The number of amides is 2. The van der Waals surface area contributed by atoms with Gasteiger partial charge in [0, 0.05) is 30.5 Å². The van der Waals surface area contributed by atoms with E-state index in [2.05, 4.69) is 73.0 Å². The van der Waals surface area contributed by atoms with Crippen molar-refractivity contribution in [2.75, 3.05) is 30.3 Å². The molecule has 2 amide bonds. The van der Waals surface area contributed by atoms with Crippen LogP contribution in [0.15, 0.2) is 61.0 Å². The Morgan fingerprint density at radius 3 is 2.05 bits per heavy atom. The van der Waals surface area contributed by atoms with Gasteiger partial charge < -0.3 is 15.5 Å². The number of rotatable bonds is 10. The number of nitrogens with zero attached hydrogens (tertiary/aromatic N) is 2. The molecule has 6 heteroatoms. The van der Waals surface area contributed by atoms with E-state index in [9.17, 15) is 9.59 Å². The molecule has 2 aliphatic rings.